The van der Waals surface area contributed by atoms with Crippen molar-refractivity contribution in [2.75, 3.05) is 7.11 Å². The summed E-state index contributed by atoms with van der Waals surface area (Å²) in [7, 11) is 1.53. The van der Waals surface area contributed by atoms with Crippen molar-refractivity contribution in [3.05, 3.63) is 79.7 Å². The van der Waals surface area contributed by atoms with Gasteiger partial charge in [0.05, 0.1) is 18.2 Å². The van der Waals surface area contributed by atoms with Gasteiger partial charge in [-0.25, -0.2) is 14.4 Å². The summed E-state index contributed by atoms with van der Waals surface area (Å²) in [5.74, 6) is -0.151. The van der Waals surface area contributed by atoms with Gasteiger partial charge in [-0.1, -0.05) is 19.2 Å². The zero-order valence-corrected chi connectivity index (χ0v) is 15.6. The summed E-state index contributed by atoms with van der Waals surface area (Å²) in [6.07, 6.45) is 7.49. The lowest BCUT2D eigenvalue weighted by Gasteiger charge is -2.12. The van der Waals surface area contributed by atoms with E-state index in [9.17, 15) is 4.39 Å². The Hall–Kier alpha value is -4.00. The minimum Gasteiger partial charge on any atom is -0.479 e. The highest BCUT2D eigenvalue weighted by Gasteiger charge is 2.17. The normalized spacial score (nSPS) is 11.9. The lowest BCUT2D eigenvalue weighted by atomic mass is 10.0. The number of aromatic nitrogens is 5. The van der Waals surface area contributed by atoms with E-state index < -0.39 is 5.83 Å². The van der Waals surface area contributed by atoms with Crippen LogP contribution < -0.4 is 4.74 Å². The summed E-state index contributed by atoms with van der Waals surface area (Å²) < 4.78 is 19.7. The molecule has 0 aliphatic carbocycles. The molecule has 6 nitrogen and oxygen atoms in total. The second-order valence-corrected chi connectivity index (χ2v) is 6.08. The van der Waals surface area contributed by atoms with E-state index in [1.54, 1.807) is 24.7 Å². The van der Waals surface area contributed by atoms with Gasteiger partial charge in [-0.2, -0.15) is 0 Å². The number of nitrogens with zero attached hydrogens (tertiary/aromatic N) is 5. The van der Waals surface area contributed by atoms with Crippen LogP contribution >= 0.6 is 0 Å². The summed E-state index contributed by atoms with van der Waals surface area (Å²) in [5.41, 5.74) is 2.35. The van der Waals surface area contributed by atoms with Gasteiger partial charge in [-0.05, 0) is 30.3 Å². The molecule has 142 valence electrons. The smallest absolute Gasteiger partial charge is 0.242 e. The van der Waals surface area contributed by atoms with Crippen LogP contribution in [-0.2, 0) is 0 Å². The number of pyridine rings is 3. The molecule has 0 atom stereocenters. The van der Waals surface area contributed by atoms with Crippen molar-refractivity contribution in [1.29, 1.82) is 0 Å². The van der Waals surface area contributed by atoms with Gasteiger partial charge in [-0.15, -0.1) is 10.2 Å². The maximum atomic E-state index is 14.3. The minimum absolute atomic E-state index is 0.223. The molecule has 4 aromatic rings. The van der Waals surface area contributed by atoms with Gasteiger partial charge in [0.2, 0.25) is 5.88 Å². The van der Waals surface area contributed by atoms with Gasteiger partial charge >= 0.3 is 0 Å². The molecule has 0 bridgehead atoms. The second kappa shape index (κ2) is 7.55. The summed E-state index contributed by atoms with van der Waals surface area (Å²) in [4.78, 5) is 13.0. The van der Waals surface area contributed by atoms with Crippen LogP contribution in [-0.4, -0.2) is 32.3 Å². The molecular formula is C22H16FN5O. The Morgan fingerprint density at radius 1 is 1.07 bits per heavy atom. The van der Waals surface area contributed by atoms with E-state index in [-0.39, 0.29) is 5.57 Å². The van der Waals surface area contributed by atoms with Crippen LogP contribution in [0, 0.1) is 0 Å². The van der Waals surface area contributed by atoms with Crippen LogP contribution in [0.4, 0.5) is 4.39 Å². The Labute approximate surface area is 166 Å². The van der Waals surface area contributed by atoms with Crippen LogP contribution in [0.1, 0.15) is 5.69 Å². The Morgan fingerprint density at radius 2 is 1.93 bits per heavy atom. The first kappa shape index (κ1) is 18.4. The Morgan fingerprint density at radius 3 is 2.69 bits per heavy atom. The van der Waals surface area contributed by atoms with E-state index in [4.69, 9.17) is 4.74 Å². The molecular weight excluding hydrogens is 369 g/mol. The van der Waals surface area contributed by atoms with Crippen LogP contribution in [0.3, 0.4) is 0 Å². The topological polar surface area (TPSA) is 73.7 Å². The lowest BCUT2D eigenvalue weighted by Crippen LogP contribution is -1.99. The Balaban J connectivity index is 2.11. The molecule has 4 rings (SSSR count). The highest BCUT2D eigenvalue weighted by Crippen LogP contribution is 2.35. The summed E-state index contributed by atoms with van der Waals surface area (Å²) in [6, 6.07) is 7.27. The number of rotatable bonds is 5. The minimum atomic E-state index is -0.524. The van der Waals surface area contributed by atoms with Crippen molar-refractivity contribution in [2.24, 2.45) is 0 Å². The van der Waals surface area contributed by atoms with Crippen molar-refractivity contribution in [3.63, 3.8) is 0 Å². The number of ether oxygens (including phenoxy) is 1. The average molecular weight is 385 g/mol. The molecule has 4 aromatic heterocycles. The zero-order valence-electron chi connectivity index (χ0n) is 15.6. The van der Waals surface area contributed by atoms with Gasteiger partial charge in [-0.3, -0.25) is 4.98 Å². The van der Waals surface area contributed by atoms with Crippen LogP contribution in [0.2, 0.25) is 0 Å². The first-order valence-electron chi connectivity index (χ1n) is 8.73. The fourth-order valence-electron chi connectivity index (χ4n) is 3.15. The maximum absolute atomic E-state index is 14.3. The van der Waals surface area contributed by atoms with Gasteiger partial charge in [0.25, 0.3) is 0 Å². The standard InChI is InChI=1S/C22H16FN5O/c1-4-13(18(23)5-2)19-11-16(15-7-6-9-25-21(15)26-19)20-14-8-10-24-12-17(14)22(29-3)28-27-20/h4-12H,1-2H2,3H3/b18-13-. The highest BCUT2D eigenvalue weighted by atomic mass is 19.1. The number of allylic oxidation sites excluding steroid dienone is 4. The molecule has 0 saturated carbocycles. The van der Waals surface area contributed by atoms with Crippen molar-refractivity contribution >= 4 is 27.4 Å². The number of hydrogen-bond acceptors (Lipinski definition) is 6. The fourth-order valence-corrected chi connectivity index (χ4v) is 3.15. The van der Waals surface area contributed by atoms with Crippen LogP contribution in [0.25, 0.3) is 38.6 Å². The molecule has 0 aromatic carbocycles. The fraction of sp³-hybridized carbons (Fsp3) is 0.0455. The van der Waals surface area contributed by atoms with Gasteiger partial charge in [0.15, 0.2) is 5.65 Å². The SMILES string of the molecule is C=C/C(F)=C(\C=C)c1cc(-c2nnc(OC)c3cnccc23)c2cccnc2n1. The van der Waals surface area contributed by atoms with Crippen molar-refractivity contribution in [1.82, 2.24) is 25.1 Å². The predicted octanol–water partition coefficient (Wildman–Crippen LogP) is 4.70. The molecule has 0 aliphatic rings. The summed E-state index contributed by atoms with van der Waals surface area (Å²) in [6.45, 7) is 7.19. The van der Waals surface area contributed by atoms with Crippen molar-refractivity contribution in [2.45, 2.75) is 0 Å². The molecule has 4 heterocycles. The van der Waals surface area contributed by atoms with Crippen molar-refractivity contribution in [3.8, 4) is 17.1 Å². The third kappa shape index (κ3) is 3.12. The van der Waals surface area contributed by atoms with E-state index in [1.807, 2.05) is 18.2 Å². The number of methoxy groups -OCH3 is 1. The third-order valence-electron chi connectivity index (χ3n) is 4.50. The zero-order chi connectivity index (χ0) is 20.4. The van der Waals surface area contributed by atoms with Crippen LogP contribution in [0.15, 0.2) is 74.0 Å². The molecule has 0 N–H and O–H groups in total. The molecule has 29 heavy (non-hydrogen) atoms. The number of fused-ring (bicyclic) bond motifs is 2. The number of halogens is 1. The molecule has 0 aliphatic heterocycles. The van der Waals surface area contributed by atoms with E-state index in [0.717, 1.165) is 16.8 Å². The monoisotopic (exact) mass is 385 g/mol. The maximum Gasteiger partial charge on any atom is 0.242 e. The van der Waals surface area contributed by atoms with E-state index >= 15 is 0 Å². The quantitative estimate of drug-likeness (QED) is 0.464. The molecule has 0 saturated heterocycles. The molecule has 0 unspecified atom stereocenters. The Bertz CT molecular complexity index is 1300. The molecule has 0 amide bonds. The van der Waals surface area contributed by atoms with E-state index in [0.29, 0.717) is 33.9 Å². The average Bonchev–Trinajstić information content (AvgIpc) is 2.78. The first-order chi connectivity index (χ1) is 14.2. The highest BCUT2D eigenvalue weighted by molar-refractivity contribution is 6.03. The van der Waals surface area contributed by atoms with E-state index in [2.05, 4.69) is 38.3 Å². The van der Waals surface area contributed by atoms with Gasteiger partial charge in [0.1, 0.15) is 11.5 Å². The van der Waals surface area contributed by atoms with Crippen molar-refractivity contribution < 1.29 is 9.13 Å². The molecule has 7 heteroatoms. The first-order valence-corrected chi connectivity index (χ1v) is 8.73. The predicted molar refractivity (Wildman–Crippen MR) is 111 cm³/mol. The summed E-state index contributed by atoms with van der Waals surface area (Å²) >= 11 is 0. The largest absolute Gasteiger partial charge is 0.479 e. The third-order valence-corrected chi connectivity index (χ3v) is 4.50. The molecule has 0 radical (unpaired) electrons. The summed E-state index contributed by atoms with van der Waals surface area (Å²) in [5, 5.41) is 10.8. The number of hydrogen-bond donors (Lipinski definition) is 0. The van der Waals surface area contributed by atoms with Gasteiger partial charge < -0.3 is 4.74 Å². The second-order valence-electron chi connectivity index (χ2n) is 6.08. The Kier molecular flexibility index (Phi) is 4.78. The van der Waals surface area contributed by atoms with E-state index in [1.165, 1.54) is 13.2 Å². The lowest BCUT2D eigenvalue weighted by molar-refractivity contribution is 0.398. The molecule has 0 fully saturated rings. The van der Waals surface area contributed by atoms with Gasteiger partial charge in [0, 0.05) is 40.5 Å². The van der Waals surface area contributed by atoms with Crippen LogP contribution in [0.5, 0.6) is 5.88 Å². The molecule has 0 spiro atoms.